The largest absolute Gasteiger partial charge is 0.332 e. The highest BCUT2D eigenvalue weighted by atomic mass is 15.1. The van der Waals surface area contributed by atoms with E-state index in [-0.39, 0.29) is 0 Å². The Morgan fingerprint density at radius 3 is 3.29 bits per heavy atom. The van der Waals surface area contributed by atoms with Crippen LogP contribution in [-0.2, 0) is 13.0 Å². The molecule has 1 N–H and O–H groups in total. The van der Waals surface area contributed by atoms with Crippen molar-refractivity contribution in [1.82, 2.24) is 14.9 Å². The Labute approximate surface area is 85.5 Å². The minimum absolute atomic E-state index is 0.853. The lowest BCUT2D eigenvalue weighted by atomic mass is 9.93. The second kappa shape index (κ2) is 4.13. The third kappa shape index (κ3) is 1.82. The first-order valence-corrected chi connectivity index (χ1v) is 5.47. The van der Waals surface area contributed by atoms with Gasteiger partial charge in [-0.3, -0.25) is 0 Å². The summed E-state index contributed by atoms with van der Waals surface area (Å²) in [5.41, 5.74) is 1.43. The number of nitrogens with one attached hydrogen (secondary N) is 1. The van der Waals surface area contributed by atoms with Crippen LogP contribution in [0, 0.1) is 12.8 Å². The minimum Gasteiger partial charge on any atom is -0.332 e. The first kappa shape index (κ1) is 9.71. The van der Waals surface area contributed by atoms with E-state index in [2.05, 4.69) is 21.8 Å². The number of aryl methyl sites for hydroxylation is 1. The van der Waals surface area contributed by atoms with Crippen LogP contribution < -0.4 is 5.32 Å². The fourth-order valence-corrected chi connectivity index (χ4v) is 2.29. The molecule has 1 aliphatic rings. The zero-order valence-corrected chi connectivity index (χ0v) is 9.08. The zero-order valence-electron chi connectivity index (χ0n) is 9.08. The Hall–Kier alpha value is -0.830. The van der Waals surface area contributed by atoms with Crippen molar-refractivity contribution < 1.29 is 0 Å². The van der Waals surface area contributed by atoms with Gasteiger partial charge in [0.1, 0.15) is 5.82 Å². The highest BCUT2D eigenvalue weighted by molar-refractivity contribution is 5.07. The van der Waals surface area contributed by atoms with E-state index in [1.807, 2.05) is 13.2 Å². The highest BCUT2D eigenvalue weighted by Gasteiger charge is 2.19. The molecule has 1 aliphatic heterocycles. The molecule has 0 spiro atoms. The van der Waals surface area contributed by atoms with Crippen LogP contribution in [0.25, 0.3) is 0 Å². The van der Waals surface area contributed by atoms with Gasteiger partial charge in [-0.1, -0.05) is 0 Å². The van der Waals surface area contributed by atoms with Crippen LogP contribution in [0.5, 0.6) is 0 Å². The Bertz CT molecular complexity index is 303. The molecule has 0 bridgehead atoms. The van der Waals surface area contributed by atoms with Gasteiger partial charge in [-0.2, -0.15) is 0 Å². The van der Waals surface area contributed by atoms with Crippen molar-refractivity contribution in [3.05, 3.63) is 17.7 Å². The van der Waals surface area contributed by atoms with Gasteiger partial charge < -0.3 is 9.88 Å². The molecule has 1 aromatic heterocycles. The fourth-order valence-electron chi connectivity index (χ4n) is 2.29. The van der Waals surface area contributed by atoms with Gasteiger partial charge in [0.05, 0.1) is 0 Å². The molecule has 2 rings (SSSR count). The van der Waals surface area contributed by atoms with Crippen LogP contribution in [0.2, 0.25) is 0 Å². The summed E-state index contributed by atoms with van der Waals surface area (Å²) in [5.74, 6) is 2.03. The van der Waals surface area contributed by atoms with E-state index in [9.17, 15) is 0 Å². The lowest BCUT2D eigenvalue weighted by Crippen LogP contribution is -2.22. The topological polar surface area (TPSA) is 29.9 Å². The van der Waals surface area contributed by atoms with Crippen LogP contribution in [0.4, 0.5) is 0 Å². The molecule has 0 aliphatic carbocycles. The van der Waals surface area contributed by atoms with Crippen LogP contribution >= 0.6 is 0 Å². The van der Waals surface area contributed by atoms with Gasteiger partial charge in [-0.05, 0) is 45.7 Å². The smallest absolute Gasteiger partial charge is 0.105 e. The Kier molecular flexibility index (Phi) is 2.87. The molecule has 0 fully saturated rings. The molecule has 0 aromatic carbocycles. The zero-order chi connectivity index (χ0) is 9.97. The molecule has 78 valence electrons. The fraction of sp³-hybridized carbons (Fsp3) is 0.727. The standard InChI is InChI=1S/C11H19N3/c1-9-13-8-11-7-10(3-5-12-2)4-6-14(9)11/h8,10,12H,3-7H2,1-2H3. The Balaban J connectivity index is 1.99. The van der Waals surface area contributed by atoms with E-state index >= 15 is 0 Å². The van der Waals surface area contributed by atoms with Gasteiger partial charge >= 0.3 is 0 Å². The Morgan fingerprint density at radius 2 is 2.50 bits per heavy atom. The summed E-state index contributed by atoms with van der Waals surface area (Å²) >= 11 is 0. The molecule has 1 unspecified atom stereocenters. The summed E-state index contributed by atoms with van der Waals surface area (Å²) in [4.78, 5) is 4.36. The summed E-state index contributed by atoms with van der Waals surface area (Å²) in [6, 6.07) is 0. The number of fused-ring (bicyclic) bond motifs is 1. The Morgan fingerprint density at radius 1 is 1.64 bits per heavy atom. The summed E-state index contributed by atoms with van der Waals surface area (Å²) in [6.45, 7) is 4.39. The van der Waals surface area contributed by atoms with Gasteiger partial charge in [0.25, 0.3) is 0 Å². The first-order chi connectivity index (χ1) is 6.81. The van der Waals surface area contributed by atoms with Crippen molar-refractivity contribution in [2.75, 3.05) is 13.6 Å². The molecule has 3 nitrogen and oxygen atoms in total. The maximum atomic E-state index is 4.36. The van der Waals surface area contributed by atoms with E-state index in [0.717, 1.165) is 19.0 Å². The van der Waals surface area contributed by atoms with Gasteiger partial charge in [0.15, 0.2) is 0 Å². The lowest BCUT2D eigenvalue weighted by Gasteiger charge is -2.24. The summed E-state index contributed by atoms with van der Waals surface area (Å²) in [5, 5.41) is 3.22. The second-order valence-corrected chi connectivity index (χ2v) is 4.20. The van der Waals surface area contributed by atoms with E-state index in [1.165, 1.54) is 30.8 Å². The molecule has 2 heterocycles. The van der Waals surface area contributed by atoms with E-state index in [0.29, 0.717) is 0 Å². The molecule has 0 amide bonds. The van der Waals surface area contributed by atoms with Crippen molar-refractivity contribution in [3.8, 4) is 0 Å². The third-order valence-corrected chi connectivity index (χ3v) is 3.20. The molecule has 14 heavy (non-hydrogen) atoms. The van der Waals surface area contributed by atoms with Gasteiger partial charge in [0, 0.05) is 18.4 Å². The van der Waals surface area contributed by atoms with Crippen LogP contribution in [0.15, 0.2) is 6.20 Å². The monoisotopic (exact) mass is 193 g/mol. The van der Waals surface area contributed by atoms with E-state index < -0.39 is 0 Å². The molecular weight excluding hydrogens is 174 g/mol. The van der Waals surface area contributed by atoms with Crippen LogP contribution in [0.1, 0.15) is 24.4 Å². The average Bonchev–Trinajstić information content (AvgIpc) is 2.57. The molecule has 1 atom stereocenters. The molecule has 0 saturated heterocycles. The number of rotatable bonds is 3. The van der Waals surface area contributed by atoms with Crippen LogP contribution in [-0.4, -0.2) is 23.1 Å². The summed E-state index contributed by atoms with van der Waals surface area (Å²) in [7, 11) is 2.03. The first-order valence-electron chi connectivity index (χ1n) is 5.47. The second-order valence-electron chi connectivity index (χ2n) is 4.20. The van der Waals surface area contributed by atoms with Crippen molar-refractivity contribution in [2.24, 2.45) is 5.92 Å². The number of hydrogen-bond acceptors (Lipinski definition) is 2. The van der Waals surface area contributed by atoms with Gasteiger partial charge in [0.2, 0.25) is 0 Å². The molecule has 3 heteroatoms. The average molecular weight is 193 g/mol. The number of imidazole rings is 1. The molecule has 0 saturated carbocycles. The predicted molar refractivity (Wildman–Crippen MR) is 57.3 cm³/mol. The summed E-state index contributed by atoms with van der Waals surface area (Å²) in [6.07, 6.45) is 5.86. The minimum atomic E-state index is 0.853. The third-order valence-electron chi connectivity index (χ3n) is 3.20. The van der Waals surface area contributed by atoms with E-state index in [4.69, 9.17) is 0 Å². The van der Waals surface area contributed by atoms with Gasteiger partial charge in [-0.15, -0.1) is 0 Å². The number of hydrogen-bond donors (Lipinski definition) is 1. The van der Waals surface area contributed by atoms with Crippen molar-refractivity contribution in [1.29, 1.82) is 0 Å². The maximum absolute atomic E-state index is 4.36. The van der Waals surface area contributed by atoms with Gasteiger partial charge in [-0.25, -0.2) is 4.98 Å². The SMILES string of the molecule is CNCCC1CCn2c(cnc2C)C1. The quantitative estimate of drug-likeness (QED) is 0.785. The normalized spacial score (nSPS) is 20.9. The molecular formula is C11H19N3. The highest BCUT2D eigenvalue weighted by Crippen LogP contribution is 2.23. The lowest BCUT2D eigenvalue weighted by molar-refractivity contribution is 0.361. The van der Waals surface area contributed by atoms with Crippen molar-refractivity contribution >= 4 is 0 Å². The predicted octanol–water partition coefficient (Wildman–Crippen LogP) is 1.36. The molecule has 1 aromatic rings. The van der Waals surface area contributed by atoms with Crippen LogP contribution in [0.3, 0.4) is 0 Å². The van der Waals surface area contributed by atoms with Crippen molar-refractivity contribution in [3.63, 3.8) is 0 Å². The number of nitrogens with zero attached hydrogens (tertiary/aromatic N) is 2. The van der Waals surface area contributed by atoms with Crippen molar-refractivity contribution in [2.45, 2.75) is 32.7 Å². The number of aromatic nitrogens is 2. The molecule has 0 radical (unpaired) electrons. The van der Waals surface area contributed by atoms with E-state index in [1.54, 1.807) is 0 Å². The maximum Gasteiger partial charge on any atom is 0.105 e. The summed E-state index contributed by atoms with van der Waals surface area (Å²) < 4.78 is 2.36.